The molecule has 4 amide bonds. The third-order valence-corrected chi connectivity index (χ3v) is 6.62. The first kappa shape index (κ1) is 21.9. The molecule has 3 heterocycles. The van der Waals surface area contributed by atoms with Gasteiger partial charge in [0.05, 0.1) is 5.69 Å². The monoisotopic (exact) mass is 478 g/mol. The second-order valence-corrected chi connectivity index (χ2v) is 8.75. The minimum atomic E-state index is -1.18. The van der Waals surface area contributed by atoms with Gasteiger partial charge >= 0.3 is 6.03 Å². The van der Waals surface area contributed by atoms with Crippen LogP contribution in [0.15, 0.2) is 53.9 Å². The lowest BCUT2D eigenvalue weighted by atomic mass is 9.87. The number of imide groups is 1. The van der Waals surface area contributed by atoms with E-state index in [4.69, 9.17) is 9.47 Å². The van der Waals surface area contributed by atoms with E-state index in [2.05, 4.69) is 15.6 Å². The molecule has 9 nitrogen and oxygen atoms in total. The summed E-state index contributed by atoms with van der Waals surface area (Å²) in [5.74, 6) is 0.383. The Morgan fingerprint density at radius 1 is 1.15 bits per heavy atom. The lowest BCUT2D eigenvalue weighted by Gasteiger charge is -2.25. The van der Waals surface area contributed by atoms with Crippen molar-refractivity contribution in [2.24, 2.45) is 0 Å². The van der Waals surface area contributed by atoms with Crippen LogP contribution in [0.4, 0.5) is 9.93 Å². The van der Waals surface area contributed by atoms with Crippen LogP contribution in [0.3, 0.4) is 0 Å². The molecular formula is C24H22N4O5S. The third-order valence-electron chi connectivity index (χ3n) is 5.86. The molecule has 2 N–H and O–H groups in total. The van der Waals surface area contributed by atoms with Gasteiger partial charge in [0.15, 0.2) is 16.6 Å². The molecule has 1 atom stereocenters. The van der Waals surface area contributed by atoms with Gasteiger partial charge in [0, 0.05) is 10.9 Å². The first-order valence-electron chi connectivity index (χ1n) is 10.9. The second kappa shape index (κ2) is 8.79. The van der Waals surface area contributed by atoms with Gasteiger partial charge in [0.1, 0.15) is 25.3 Å². The van der Waals surface area contributed by atoms with Crippen LogP contribution in [-0.4, -0.2) is 47.5 Å². The molecule has 1 aromatic heterocycles. The zero-order chi connectivity index (χ0) is 23.7. The quantitative estimate of drug-likeness (QED) is 0.526. The minimum absolute atomic E-state index is 0.366. The lowest BCUT2D eigenvalue weighted by molar-refractivity contribution is -0.134. The van der Waals surface area contributed by atoms with E-state index in [1.165, 1.54) is 11.3 Å². The Morgan fingerprint density at radius 3 is 2.68 bits per heavy atom. The number of amides is 4. The van der Waals surface area contributed by atoms with Crippen molar-refractivity contribution in [3.05, 3.63) is 59.5 Å². The van der Waals surface area contributed by atoms with Crippen molar-refractivity contribution >= 4 is 34.3 Å². The maximum Gasteiger partial charge on any atom is 0.325 e. The molecule has 2 aliphatic heterocycles. The van der Waals surface area contributed by atoms with Gasteiger partial charge in [-0.2, -0.15) is 0 Å². The van der Waals surface area contributed by atoms with Crippen molar-refractivity contribution in [1.29, 1.82) is 0 Å². The smallest absolute Gasteiger partial charge is 0.325 e. The number of nitrogens with one attached hydrogen (secondary N) is 2. The minimum Gasteiger partial charge on any atom is -0.486 e. The van der Waals surface area contributed by atoms with Crippen LogP contribution < -0.4 is 20.1 Å². The average Bonchev–Trinajstić information content (AvgIpc) is 3.42. The van der Waals surface area contributed by atoms with Crippen LogP contribution in [0.1, 0.15) is 18.9 Å². The highest BCUT2D eigenvalue weighted by molar-refractivity contribution is 7.14. The number of fused-ring (bicyclic) bond motifs is 1. The fourth-order valence-electron chi connectivity index (χ4n) is 4.10. The van der Waals surface area contributed by atoms with E-state index >= 15 is 0 Å². The number of aromatic nitrogens is 1. The van der Waals surface area contributed by atoms with Crippen molar-refractivity contribution in [1.82, 2.24) is 15.2 Å². The number of benzene rings is 2. The van der Waals surface area contributed by atoms with Gasteiger partial charge in [-0.1, -0.05) is 37.3 Å². The van der Waals surface area contributed by atoms with E-state index in [1.54, 1.807) is 12.1 Å². The average molecular weight is 479 g/mol. The number of carbonyl (C=O) groups is 3. The number of carbonyl (C=O) groups excluding carboxylic acids is 3. The van der Waals surface area contributed by atoms with Gasteiger partial charge in [-0.15, -0.1) is 11.3 Å². The summed E-state index contributed by atoms with van der Waals surface area (Å²) in [6.07, 6.45) is 0.366. The van der Waals surface area contributed by atoms with Gasteiger partial charge in [-0.05, 0) is 30.2 Å². The van der Waals surface area contributed by atoms with E-state index in [1.807, 2.05) is 48.7 Å². The highest BCUT2D eigenvalue weighted by atomic mass is 32.1. The molecule has 0 saturated carbocycles. The van der Waals surface area contributed by atoms with Crippen molar-refractivity contribution in [3.8, 4) is 22.8 Å². The number of nitrogens with zero attached hydrogens (tertiary/aromatic N) is 2. The molecule has 0 radical (unpaired) electrons. The van der Waals surface area contributed by atoms with E-state index in [-0.39, 0.29) is 0 Å². The lowest BCUT2D eigenvalue weighted by Crippen LogP contribution is -2.44. The fraction of sp³-hybridized carbons (Fsp3) is 0.250. The standard InChI is InChI=1S/C24H22N4O5S/c1-2-24(16-6-4-3-5-7-16)21(30)28(23(31)27-24)13-20(29)26-22-25-17(14-34-22)15-8-9-18-19(12-15)33-11-10-32-18/h3-9,12,14H,2,10-11,13H2,1H3,(H,27,31)(H,25,26,29). The van der Waals surface area contributed by atoms with Crippen LogP contribution in [0, 0.1) is 0 Å². The van der Waals surface area contributed by atoms with Gasteiger partial charge in [-0.25, -0.2) is 9.78 Å². The maximum absolute atomic E-state index is 13.2. The number of anilines is 1. The Balaban J connectivity index is 1.27. The Labute approximate surface area is 199 Å². The number of hydrogen-bond donors (Lipinski definition) is 2. The molecule has 5 rings (SSSR count). The zero-order valence-electron chi connectivity index (χ0n) is 18.4. The van der Waals surface area contributed by atoms with E-state index in [0.717, 1.165) is 10.5 Å². The molecule has 174 valence electrons. The SMILES string of the molecule is CCC1(c2ccccc2)NC(=O)N(CC(=O)Nc2nc(-c3ccc4c(c3)OCCO4)cs2)C1=O. The van der Waals surface area contributed by atoms with Crippen molar-refractivity contribution in [3.63, 3.8) is 0 Å². The van der Waals surface area contributed by atoms with Crippen LogP contribution in [0.2, 0.25) is 0 Å². The summed E-state index contributed by atoms with van der Waals surface area (Å²) < 4.78 is 11.2. The summed E-state index contributed by atoms with van der Waals surface area (Å²) in [7, 11) is 0. The first-order valence-corrected chi connectivity index (χ1v) is 11.7. The largest absolute Gasteiger partial charge is 0.486 e. The van der Waals surface area contributed by atoms with Crippen molar-refractivity contribution in [2.45, 2.75) is 18.9 Å². The summed E-state index contributed by atoms with van der Waals surface area (Å²) in [4.78, 5) is 43.9. The van der Waals surface area contributed by atoms with E-state index in [0.29, 0.717) is 47.5 Å². The summed E-state index contributed by atoms with van der Waals surface area (Å²) in [5.41, 5.74) is 1.00. The molecule has 2 aliphatic rings. The van der Waals surface area contributed by atoms with Gasteiger partial charge in [-0.3, -0.25) is 14.5 Å². The number of ether oxygens (including phenoxy) is 2. The predicted molar refractivity (Wildman–Crippen MR) is 126 cm³/mol. The topological polar surface area (TPSA) is 110 Å². The van der Waals surface area contributed by atoms with Gasteiger partial charge in [0.2, 0.25) is 5.91 Å². The number of thiazole rings is 1. The molecular weight excluding hydrogens is 456 g/mol. The molecule has 1 saturated heterocycles. The van der Waals surface area contributed by atoms with Crippen LogP contribution in [-0.2, 0) is 15.1 Å². The van der Waals surface area contributed by atoms with Crippen molar-refractivity contribution in [2.75, 3.05) is 25.1 Å². The summed E-state index contributed by atoms with van der Waals surface area (Å²) in [5, 5.41) is 7.64. The van der Waals surface area contributed by atoms with Crippen molar-refractivity contribution < 1.29 is 23.9 Å². The van der Waals surface area contributed by atoms with Gasteiger partial charge < -0.3 is 20.1 Å². The summed E-state index contributed by atoms with van der Waals surface area (Å²) in [6, 6.07) is 14.0. The molecule has 0 aliphatic carbocycles. The van der Waals surface area contributed by atoms with Crippen LogP contribution >= 0.6 is 11.3 Å². The Kier molecular flexibility index (Phi) is 5.66. The van der Waals surface area contributed by atoms with Gasteiger partial charge in [0.25, 0.3) is 5.91 Å². The Hall–Kier alpha value is -3.92. The molecule has 1 fully saturated rings. The molecule has 3 aromatic rings. The van der Waals surface area contributed by atoms with E-state index in [9.17, 15) is 14.4 Å². The highest BCUT2D eigenvalue weighted by Crippen LogP contribution is 2.36. The summed E-state index contributed by atoms with van der Waals surface area (Å²) >= 11 is 1.25. The molecule has 34 heavy (non-hydrogen) atoms. The highest BCUT2D eigenvalue weighted by Gasteiger charge is 2.51. The molecule has 0 spiro atoms. The molecule has 2 aromatic carbocycles. The van der Waals surface area contributed by atoms with E-state index < -0.39 is 29.9 Å². The zero-order valence-corrected chi connectivity index (χ0v) is 19.2. The number of hydrogen-bond acceptors (Lipinski definition) is 7. The summed E-state index contributed by atoms with van der Waals surface area (Å²) in [6.45, 7) is 2.42. The fourth-order valence-corrected chi connectivity index (χ4v) is 4.84. The maximum atomic E-state index is 13.2. The number of rotatable bonds is 6. The van der Waals surface area contributed by atoms with Crippen LogP contribution in [0.25, 0.3) is 11.3 Å². The Morgan fingerprint density at radius 2 is 1.91 bits per heavy atom. The number of urea groups is 1. The first-order chi connectivity index (χ1) is 16.5. The second-order valence-electron chi connectivity index (χ2n) is 7.89. The molecule has 0 bridgehead atoms. The third kappa shape index (κ3) is 3.86. The Bertz CT molecular complexity index is 1260. The molecule has 10 heteroatoms. The van der Waals surface area contributed by atoms with Crippen LogP contribution in [0.5, 0.6) is 11.5 Å². The predicted octanol–water partition coefficient (Wildman–Crippen LogP) is 3.38. The molecule has 1 unspecified atom stereocenters. The normalized spacial score (nSPS) is 19.1.